The lowest BCUT2D eigenvalue weighted by molar-refractivity contribution is -0.274. The van der Waals surface area contributed by atoms with Crippen molar-refractivity contribution in [3.8, 4) is 5.75 Å². The summed E-state index contributed by atoms with van der Waals surface area (Å²) in [6.07, 6.45) is -1.89. The number of carbonyl (C=O) groups is 1. The zero-order valence-electron chi connectivity index (χ0n) is 10.6. The number of carboxylic acids is 1. The van der Waals surface area contributed by atoms with Crippen molar-refractivity contribution in [2.75, 3.05) is 18.0 Å². The zero-order chi connectivity index (χ0) is 14.8. The molecule has 0 aliphatic carbocycles. The van der Waals surface area contributed by atoms with Gasteiger partial charge < -0.3 is 14.7 Å². The van der Waals surface area contributed by atoms with E-state index in [9.17, 15) is 18.0 Å². The zero-order valence-corrected chi connectivity index (χ0v) is 10.6. The van der Waals surface area contributed by atoms with E-state index in [1.54, 1.807) is 0 Å². The molecule has 1 N–H and O–H groups in total. The van der Waals surface area contributed by atoms with Crippen LogP contribution in [0.4, 0.5) is 18.9 Å². The molecule has 1 saturated heterocycles. The Kier molecular flexibility index (Phi) is 4.06. The molecule has 1 heterocycles. The number of halogens is 3. The molecule has 110 valence electrons. The third kappa shape index (κ3) is 3.79. The van der Waals surface area contributed by atoms with Crippen molar-refractivity contribution in [2.45, 2.75) is 25.6 Å². The van der Waals surface area contributed by atoms with Crippen molar-refractivity contribution in [3.63, 3.8) is 0 Å². The molecule has 4 nitrogen and oxygen atoms in total. The van der Waals surface area contributed by atoms with Crippen LogP contribution in [0.1, 0.15) is 29.6 Å². The maximum atomic E-state index is 12.3. The maximum absolute atomic E-state index is 12.3. The van der Waals surface area contributed by atoms with E-state index in [1.165, 1.54) is 12.1 Å². The fourth-order valence-electron chi connectivity index (χ4n) is 2.23. The number of ether oxygens (including phenoxy) is 1. The van der Waals surface area contributed by atoms with E-state index in [4.69, 9.17) is 5.11 Å². The molecule has 7 heteroatoms. The number of benzene rings is 1. The van der Waals surface area contributed by atoms with E-state index < -0.39 is 18.1 Å². The molecule has 1 aliphatic rings. The minimum atomic E-state index is -4.84. The predicted molar refractivity (Wildman–Crippen MR) is 66.1 cm³/mol. The van der Waals surface area contributed by atoms with Crippen LogP contribution in [0.25, 0.3) is 0 Å². The highest BCUT2D eigenvalue weighted by Gasteiger charge is 2.31. The highest BCUT2D eigenvalue weighted by Crippen LogP contribution is 2.30. The molecule has 1 fully saturated rings. The van der Waals surface area contributed by atoms with Crippen LogP contribution in [0.5, 0.6) is 5.75 Å². The van der Waals surface area contributed by atoms with Crippen LogP contribution in [0, 0.1) is 0 Å². The number of hydrogen-bond acceptors (Lipinski definition) is 3. The van der Waals surface area contributed by atoms with Crippen molar-refractivity contribution in [3.05, 3.63) is 23.8 Å². The quantitative estimate of drug-likeness (QED) is 0.927. The summed E-state index contributed by atoms with van der Waals surface area (Å²) in [5.41, 5.74) is 0.233. The highest BCUT2D eigenvalue weighted by molar-refractivity contribution is 5.89. The number of carboxylic acid groups (broad SMARTS) is 1. The monoisotopic (exact) mass is 289 g/mol. The Morgan fingerprint density at radius 2 is 1.80 bits per heavy atom. The number of alkyl halides is 3. The number of piperidine rings is 1. The van der Waals surface area contributed by atoms with Gasteiger partial charge in [-0.3, -0.25) is 0 Å². The summed E-state index contributed by atoms with van der Waals surface area (Å²) in [5, 5.41) is 8.98. The smallest absolute Gasteiger partial charge is 0.478 e. The average Bonchev–Trinajstić information content (AvgIpc) is 2.37. The number of rotatable bonds is 3. The van der Waals surface area contributed by atoms with Crippen LogP contribution in [-0.2, 0) is 0 Å². The molecule has 0 spiro atoms. The van der Waals surface area contributed by atoms with Gasteiger partial charge in [0.25, 0.3) is 0 Å². The van der Waals surface area contributed by atoms with Crippen LogP contribution in [0.15, 0.2) is 18.2 Å². The maximum Gasteiger partial charge on any atom is 0.573 e. The molecule has 1 aromatic carbocycles. The van der Waals surface area contributed by atoms with Crippen molar-refractivity contribution < 1.29 is 27.8 Å². The molecule has 1 aromatic rings. The van der Waals surface area contributed by atoms with Gasteiger partial charge in [-0.05, 0) is 31.4 Å². The normalized spacial score (nSPS) is 16.1. The number of aromatic carboxylic acids is 1. The van der Waals surface area contributed by atoms with Gasteiger partial charge in [0.15, 0.2) is 0 Å². The van der Waals surface area contributed by atoms with Crippen LogP contribution in [0.2, 0.25) is 0 Å². The Morgan fingerprint density at radius 3 is 2.35 bits per heavy atom. The van der Waals surface area contributed by atoms with E-state index in [0.717, 1.165) is 25.3 Å². The summed E-state index contributed by atoms with van der Waals surface area (Å²) in [4.78, 5) is 12.9. The number of anilines is 1. The first kappa shape index (κ1) is 14.5. The van der Waals surface area contributed by atoms with E-state index in [2.05, 4.69) is 4.74 Å². The van der Waals surface area contributed by atoms with Crippen LogP contribution < -0.4 is 9.64 Å². The van der Waals surface area contributed by atoms with E-state index in [0.29, 0.717) is 18.8 Å². The Bertz CT molecular complexity index is 496. The van der Waals surface area contributed by atoms with Gasteiger partial charge in [0, 0.05) is 24.8 Å². The lowest BCUT2D eigenvalue weighted by atomic mass is 10.1. The highest BCUT2D eigenvalue weighted by atomic mass is 19.4. The third-order valence-electron chi connectivity index (χ3n) is 3.09. The van der Waals surface area contributed by atoms with Gasteiger partial charge >= 0.3 is 12.3 Å². The molecule has 1 aliphatic heterocycles. The summed E-state index contributed by atoms with van der Waals surface area (Å²) >= 11 is 0. The SMILES string of the molecule is O=C(O)c1cc(OC(F)(F)F)cc(N2CCCCC2)c1. The van der Waals surface area contributed by atoms with Gasteiger partial charge in [-0.15, -0.1) is 13.2 Å². The van der Waals surface area contributed by atoms with Crippen LogP contribution in [0.3, 0.4) is 0 Å². The summed E-state index contributed by atoms with van der Waals surface area (Å²) in [7, 11) is 0. The Balaban J connectivity index is 2.32. The minimum Gasteiger partial charge on any atom is -0.478 e. The lowest BCUT2D eigenvalue weighted by Gasteiger charge is -2.29. The first-order chi connectivity index (χ1) is 9.35. The van der Waals surface area contributed by atoms with Crippen LogP contribution >= 0.6 is 0 Å². The molecule has 20 heavy (non-hydrogen) atoms. The molecule has 0 bridgehead atoms. The largest absolute Gasteiger partial charge is 0.573 e. The Morgan fingerprint density at radius 1 is 1.15 bits per heavy atom. The van der Waals surface area contributed by atoms with Gasteiger partial charge in [0.05, 0.1) is 5.56 Å². The van der Waals surface area contributed by atoms with Crippen molar-refractivity contribution >= 4 is 11.7 Å². The number of nitrogens with zero attached hydrogens (tertiary/aromatic N) is 1. The summed E-state index contributed by atoms with van der Waals surface area (Å²) in [6.45, 7) is 1.41. The fraction of sp³-hybridized carbons (Fsp3) is 0.462. The van der Waals surface area contributed by atoms with Crippen LogP contribution in [-0.4, -0.2) is 30.5 Å². The Labute approximate surface area is 113 Å². The molecule has 0 radical (unpaired) electrons. The van der Waals surface area contributed by atoms with E-state index in [-0.39, 0.29) is 5.56 Å². The van der Waals surface area contributed by atoms with Crippen molar-refractivity contribution in [2.24, 2.45) is 0 Å². The third-order valence-corrected chi connectivity index (χ3v) is 3.09. The second kappa shape index (κ2) is 5.60. The summed E-state index contributed by atoms with van der Waals surface area (Å²) in [5.74, 6) is -1.78. The van der Waals surface area contributed by atoms with Gasteiger partial charge in [0.1, 0.15) is 5.75 Å². The first-order valence-electron chi connectivity index (χ1n) is 6.24. The van der Waals surface area contributed by atoms with E-state index in [1.807, 2.05) is 4.90 Å². The molecule has 0 amide bonds. The molecule has 0 saturated carbocycles. The van der Waals surface area contributed by atoms with Gasteiger partial charge in [-0.25, -0.2) is 4.79 Å². The molecule has 0 aromatic heterocycles. The minimum absolute atomic E-state index is 0.215. The number of hydrogen-bond donors (Lipinski definition) is 1. The fourth-order valence-corrected chi connectivity index (χ4v) is 2.23. The molecule has 0 atom stereocenters. The second-order valence-corrected chi connectivity index (χ2v) is 4.62. The van der Waals surface area contributed by atoms with Gasteiger partial charge in [0.2, 0.25) is 0 Å². The standard InChI is InChI=1S/C13H14F3NO3/c14-13(15,16)20-11-7-9(12(18)19)6-10(8-11)17-4-2-1-3-5-17/h6-8H,1-5H2,(H,18,19). The molecular formula is C13H14F3NO3. The average molecular weight is 289 g/mol. The molecule has 0 unspecified atom stereocenters. The summed E-state index contributed by atoms with van der Waals surface area (Å²) in [6, 6.07) is 3.48. The molecular weight excluding hydrogens is 275 g/mol. The second-order valence-electron chi connectivity index (χ2n) is 4.62. The van der Waals surface area contributed by atoms with Crippen molar-refractivity contribution in [1.29, 1.82) is 0 Å². The molecule has 2 rings (SSSR count). The topological polar surface area (TPSA) is 49.8 Å². The first-order valence-corrected chi connectivity index (χ1v) is 6.24. The predicted octanol–water partition coefficient (Wildman–Crippen LogP) is 3.27. The van der Waals surface area contributed by atoms with Crippen molar-refractivity contribution in [1.82, 2.24) is 0 Å². The van der Waals surface area contributed by atoms with E-state index >= 15 is 0 Å². The van der Waals surface area contributed by atoms with Gasteiger partial charge in [-0.1, -0.05) is 0 Å². The van der Waals surface area contributed by atoms with Gasteiger partial charge in [-0.2, -0.15) is 0 Å². The summed E-state index contributed by atoms with van der Waals surface area (Å²) < 4.78 is 40.6. The lowest BCUT2D eigenvalue weighted by Crippen LogP contribution is -2.29. The Hall–Kier alpha value is -1.92.